The van der Waals surface area contributed by atoms with Crippen LogP contribution in [0.2, 0.25) is 0 Å². The first-order valence-electron chi connectivity index (χ1n) is 7.19. The van der Waals surface area contributed by atoms with Gasteiger partial charge in [0, 0.05) is 32.3 Å². The number of aryl methyl sites for hydroxylation is 1. The standard InChI is InChI=1S/C15H25N5O.HI/c1-11(2)10-18-15(16-4)17-9-8-14(21)20-13-7-5-6-12(3)19-13;/h5-7,11H,8-10H2,1-4H3,(H2,16,17,18)(H,19,20,21);1H. The summed E-state index contributed by atoms with van der Waals surface area (Å²) in [6.45, 7) is 7.52. The summed E-state index contributed by atoms with van der Waals surface area (Å²) in [4.78, 5) is 20.1. The third-order valence-electron chi connectivity index (χ3n) is 2.70. The highest BCUT2D eigenvalue weighted by molar-refractivity contribution is 14.0. The summed E-state index contributed by atoms with van der Waals surface area (Å²) in [6, 6.07) is 5.54. The van der Waals surface area contributed by atoms with Crippen molar-refractivity contribution in [3.63, 3.8) is 0 Å². The Hall–Kier alpha value is -1.38. The van der Waals surface area contributed by atoms with Gasteiger partial charge in [-0.25, -0.2) is 4.98 Å². The van der Waals surface area contributed by atoms with E-state index in [1.807, 2.05) is 19.1 Å². The quantitative estimate of drug-likeness (QED) is 0.375. The van der Waals surface area contributed by atoms with Gasteiger partial charge in [-0.1, -0.05) is 19.9 Å². The van der Waals surface area contributed by atoms with E-state index in [9.17, 15) is 4.79 Å². The number of amides is 1. The van der Waals surface area contributed by atoms with Gasteiger partial charge in [-0.3, -0.25) is 9.79 Å². The fourth-order valence-corrected chi connectivity index (χ4v) is 1.63. The Bertz CT molecular complexity index is 491. The molecule has 0 saturated heterocycles. The van der Waals surface area contributed by atoms with Gasteiger partial charge in [0.2, 0.25) is 5.91 Å². The molecular formula is C15H26IN5O. The van der Waals surface area contributed by atoms with Crippen molar-refractivity contribution in [2.75, 3.05) is 25.5 Å². The number of hydrogen-bond donors (Lipinski definition) is 3. The molecule has 0 aliphatic carbocycles. The van der Waals surface area contributed by atoms with Gasteiger partial charge >= 0.3 is 0 Å². The van der Waals surface area contributed by atoms with Gasteiger partial charge in [-0.15, -0.1) is 24.0 Å². The topological polar surface area (TPSA) is 78.4 Å². The zero-order chi connectivity index (χ0) is 15.7. The second-order valence-corrected chi connectivity index (χ2v) is 5.24. The van der Waals surface area contributed by atoms with Gasteiger partial charge in [0.15, 0.2) is 5.96 Å². The van der Waals surface area contributed by atoms with E-state index in [-0.39, 0.29) is 29.9 Å². The molecule has 0 unspecified atom stereocenters. The number of carbonyl (C=O) groups excluding carboxylic acids is 1. The molecule has 1 aromatic rings. The molecule has 6 nitrogen and oxygen atoms in total. The van der Waals surface area contributed by atoms with Crippen LogP contribution in [0.1, 0.15) is 26.0 Å². The number of pyridine rings is 1. The molecular weight excluding hydrogens is 393 g/mol. The van der Waals surface area contributed by atoms with Crippen molar-refractivity contribution in [2.24, 2.45) is 10.9 Å². The molecule has 3 N–H and O–H groups in total. The van der Waals surface area contributed by atoms with Crippen LogP contribution in [0.4, 0.5) is 5.82 Å². The lowest BCUT2D eigenvalue weighted by molar-refractivity contribution is -0.116. The largest absolute Gasteiger partial charge is 0.356 e. The Kier molecular flexibility index (Phi) is 10.5. The van der Waals surface area contributed by atoms with Crippen LogP contribution in [0.3, 0.4) is 0 Å². The number of nitrogens with one attached hydrogen (secondary N) is 3. The molecule has 1 heterocycles. The van der Waals surface area contributed by atoms with Crippen molar-refractivity contribution in [2.45, 2.75) is 27.2 Å². The van der Waals surface area contributed by atoms with Crippen LogP contribution in [0.15, 0.2) is 23.2 Å². The van der Waals surface area contributed by atoms with E-state index >= 15 is 0 Å². The van der Waals surface area contributed by atoms with Crippen molar-refractivity contribution in [1.82, 2.24) is 15.6 Å². The van der Waals surface area contributed by atoms with Gasteiger partial charge in [0.1, 0.15) is 5.82 Å². The fourth-order valence-electron chi connectivity index (χ4n) is 1.63. The first-order valence-corrected chi connectivity index (χ1v) is 7.19. The van der Waals surface area contributed by atoms with Gasteiger partial charge in [-0.2, -0.15) is 0 Å². The molecule has 1 amide bonds. The number of halogens is 1. The lowest BCUT2D eigenvalue weighted by atomic mass is 10.2. The minimum absolute atomic E-state index is 0. The number of rotatable bonds is 6. The molecule has 0 spiro atoms. The maximum absolute atomic E-state index is 11.8. The number of aliphatic imine (C=N–C) groups is 1. The van der Waals surface area contributed by atoms with E-state index in [0.717, 1.165) is 12.2 Å². The average Bonchev–Trinajstić information content (AvgIpc) is 2.42. The van der Waals surface area contributed by atoms with Crippen LogP contribution in [-0.2, 0) is 4.79 Å². The Morgan fingerprint density at radius 3 is 2.64 bits per heavy atom. The Morgan fingerprint density at radius 1 is 1.32 bits per heavy atom. The first-order chi connectivity index (χ1) is 10.0. The molecule has 0 fully saturated rings. The van der Waals surface area contributed by atoms with Gasteiger partial charge in [-0.05, 0) is 25.0 Å². The highest BCUT2D eigenvalue weighted by Crippen LogP contribution is 2.03. The summed E-state index contributed by atoms with van der Waals surface area (Å²) in [5.41, 5.74) is 0.879. The summed E-state index contributed by atoms with van der Waals surface area (Å²) in [6.07, 6.45) is 0.359. The molecule has 0 aliphatic heterocycles. The highest BCUT2D eigenvalue weighted by atomic mass is 127. The number of nitrogens with zero attached hydrogens (tertiary/aromatic N) is 2. The fraction of sp³-hybridized carbons (Fsp3) is 0.533. The predicted molar refractivity (Wildman–Crippen MR) is 102 cm³/mol. The molecule has 124 valence electrons. The third-order valence-corrected chi connectivity index (χ3v) is 2.70. The Balaban J connectivity index is 0.00000441. The zero-order valence-electron chi connectivity index (χ0n) is 13.6. The molecule has 22 heavy (non-hydrogen) atoms. The minimum atomic E-state index is -0.0695. The molecule has 0 bridgehead atoms. The maximum Gasteiger partial charge on any atom is 0.227 e. The second-order valence-electron chi connectivity index (χ2n) is 5.24. The summed E-state index contributed by atoms with van der Waals surface area (Å²) in [7, 11) is 1.71. The van der Waals surface area contributed by atoms with Crippen molar-refractivity contribution < 1.29 is 4.79 Å². The third kappa shape index (κ3) is 8.81. The highest BCUT2D eigenvalue weighted by Gasteiger charge is 2.04. The lowest BCUT2D eigenvalue weighted by Gasteiger charge is -2.13. The molecule has 7 heteroatoms. The Morgan fingerprint density at radius 2 is 2.05 bits per heavy atom. The smallest absolute Gasteiger partial charge is 0.227 e. The zero-order valence-corrected chi connectivity index (χ0v) is 16.0. The van der Waals surface area contributed by atoms with Crippen LogP contribution in [-0.4, -0.2) is 37.0 Å². The van der Waals surface area contributed by atoms with E-state index in [1.54, 1.807) is 13.1 Å². The van der Waals surface area contributed by atoms with E-state index in [0.29, 0.717) is 30.7 Å². The average molecular weight is 419 g/mol. The van der Waals surface area contributed by atoms with Crippen molar-refractivity contribution in [3.8, 4) is 0 Å². The minimum Gasteiger partial charge on any atom is -0.356 e. The predicted octanol–water partition coefficient (Wildman–Crippen LogP) is 2.16. The Labute approximate surface area is 149 Å². The van der Waals surface area contributed by atoms with Crippen molar-refractivity contribution in [1.29, 1.82) is 0 Å². The van der Waals surface area contributed by atoms with E-state index in [4.69, 9.17) is 0 Å². The van der Waals surface area contributed by atoms with E-state index < -0.39 is 0 Å². The summed E-state index contributed by atoms with van der Waals surface area (Å²) in [5, 5.41) is 9.08. The second kappa shape index (κ2) is 11.2. The monoisotopic (exact) mass is 419 g/mol. The molecule has 0 saturated carbocycles. The van der Waals surface area contributed by atoms with E-state index in [2.05, 4.69) is 39.8 Å². The number of carbonyl (C=O) groups is 1. The van der Waals surface area contributed by atoms with Crippen LogP contribution < -0.4 is 16.0 Å². The number of guanidine groups is 1. The summed E-state index contributed by atoms with van der Waals surface area (Å²) < 4.78 is 0. The SMILES string of the molecule is CN=C(NCCC(=O)Nc1cccc(C)n1)NCC(C)C.I. The normalized spacial score (nSPS) is 10.9. The van der Waals surface area contributed by atoms with E-state index in [1.165, 1.54) is 0 Å². The number of aromatic nitrogens is 1. The molecule has 0 atom stereocenters. The van der Waals surface area contributed by atoms with Gasteiger partial charge < -0.3 is 16.0 Å². The van der Waals surface area contributed by atoms with Gasteiger partial charge in [0.05, 0.1) is 0 Å². The summed E-state index contributed by atoms with van der Waals surface area (Å²) >= 11 is 0. The summed E-state index contributed by atoms with van der Waals surface area (Å²) in [5.74, 6) is 1.77. The molecule has 0 aromatic carbocycles. The molecule has 0 aliphatic rings. The maximum atomic E-state index is 11.8. The molecule has 0 radical (unpaired) electrons. The lowest BCUT2D eigenvalue weighted by Crippen LogP contribution is -2.40. The molecule has 1 aromatic heterocycles. The van der Waals surface area contributed by atoms with Crippen molar-refractivity contribution >= 4 is 41.7 Å². The van der Waals surface area contributed by atoms with Crippen LogP contribution in [0.25, 0.3) is 0 Å². The van der Waals surface area contributed by atoms with Crippen LogP contribution in [0, 0.1) is 12.8 Å². The number of hydrogen-bond acceptors (Lipinski definition) is 3. The van der Waals surface area contributed by atoms with Crippen molar-refractivity contribution in [3.05, 3.63) is 23.9 Å². The van der Waals surface area contributed by atoms with Gasteiger partial charge in [0.25, 0.3) is 0 Å². The van der Waals surface area contributed by atoms with Crippen LogP contribution >= 0.6 is 24.0 Å². The molecule has 1 rings (SSSR count). The van der Waals surface area contributed by atoms with Crippen LogP contribution in [0.5, 0.6) is 0 Å². The number of anilines is 1. The first kappa shape index (κ1) is 20.6.